The maximum absolute atomic E-state index is 12.6. The number of alkyl carbamates (subject to hydrolysis) is 1. The van der Waals surface area contributed by atoms with Crippen LogP contribution in [0, 0.1) is 5.92 Å². The second-order valence-corrected chi connectivity index (χ2v) is 11.0. The van der Waals surface area contributed by atoms with E-state index < -0.39 is 23.6 Å². The van der Waals surface area contributed by atoms with Gasteiger partial charge in [-0.25, -0.2) is 4.79 Å². The largest absolute Gasteiger partial charge is 0.465 e. The fourth-order valence-electron chi connectivity index (χ4n) is 3.54. The fourth-order valence-corrected chi connectivity index (χ4v) is 3.54. The molecule has 8 nitrogen and oxygen atoms in total. The fraction of sp³-hybridized carbons (Fsp3) is 0.767. The Morgan fingerprint density at radius 3 is 2.00 bits per heavy atom. The molecule has 0 aliphatic rings. The van der Waals surface area contributed by atoms with Gasteiger partial charge in [-0.3, -0.25) is 9.59 Å². The number of unbranched alkanes of at least 4 members (excludes halogenated alkanes) is 8. The Bertz CT molecular complexity index is 698. The minimum Gasteiger partial charge on any atom is -0.465 e. The Balaban J connectivity index is 4.17. The zero-order valence-corrected chi connectivity index (χ0v) is 25.0. The van der Waals surface area contributed by atoms with E-state index in [0.29, 0.717) is 6.61 Å². The minimum absolute atomic E-state index is 0.0259. The lowest BCUT2D eigenvalue weighted by Crippen LogP contribution is -2.44. The van der Waals surface area contributed by atoms with Crippen LogP contribution in [0.4, 0.5) is 4.79 Å². The highest BCUT2D eigenvalue weighted by atomic mass is 16.6. The summed E-state index contributed by atoms with van der Waals surface area (Å²) in [5, 5.41) is 5.35. The molecule has 0 rings (SSSR count). The first-order valence-electron chi connectivity index (χ1n) is 14.4. The summed E-state index contributed by atoms with van der Waals surface area (Å²) in [7, 11) is 3.59. The van der Waals surface area contributed by atoms with E-state index in [1.54, 1.807) is 39.8 Å². The Labute approximate surface area is 232 Å². The molecule has 0 unspecified atom stereocenters. The summed E-state index contributed by atoms with van der Waals surface area (Å²) >= 11 is 0. The lowest BCUT2D eigenvalue weighted by molar-refractivity contribution is -0.148. The standard InChI is InChI=1S/C30H55N3O5/c1-7-8-9-10-11-12-13-14-15-16-17-18-19-20-21-22-37-28(35)26(23-31-27(34)25-33(5)6)24-32-29(36)38-30(2,3)4/h11-12,14-15,26H,7-10,13,16-25H2,1-6H3,(H,31,34)(H,32,36)/b12-11-,15-14-/t26-/m0/s1. The number of carbonyl (C=O) groups is 3. The molecule has 0 aliphatic heterocycles. The minimum atomic E-state index is -0.688. The van der Waals surface area contributed by atoms with Gasteiger partial charge in [0.1, 0.15) is 5.60 Å². The van der Waals surface area contributed by atoms with Crippen molar-refractivity contribution in [2.75, 3.05) is 40.3 Å². The predicted molar refractivity (Wildman–Crippen MR) is 155 cm³/mol. The molecule has 0 aromatic heterocycles. The van der Waals surface area contributed by atoms with Crippen LogP contribution in [0.5, 0.6) is 0 Å². The number of nitrogens with zero attached hydrogens (tertiary/aromatic N) is 1. The molecule has 0 aromatic carbocycles. The van der Waals surface area contributed by atoms with E-state index >= 15 is 0 Å². The van der Waals surface area contributed by atoms with Gasteiger partial charge in [0.15, 0.2) is 0 Å². The topological polar surface area (TPSA) is 97.0 Å². The van der Waals surface area contributed by atoms with Gasteiger partial charge in [-0.1, -0.05) is 63.3 Å². The van der Waals surface area contributed by atoms with Crippen LogP contribution in [0.1, 0.15) is 98.3 Å². The number of ether oxygens (including phenoxy) is 2. The zero-order chi connectivity index (χ0) is 28.7. The van der Waals surface area contributed by atoms with Gasteiger partial charge in [0.05, 0.1) is 19.1 Å². The molecule has 0 aliphatic carbocycles. The number of likely N-dealkylation sites (N-methyl/N-ethyl adjacent to an activating group) is 1. The molecule has 0 bridgehead atoms. The summed E-state index contributed by atoms with van der Waals surface area (Å²) in [6, 6.07) is 0. The van der Waals surface area contributed by atoms with Gasteiger partial charge in [0.2, 0.25) is 5.91 Å². The number of hydrogen-bond acceptors (Lipinski definition) is 6. The number of nitrogens with one attached hydrogen (secondary N) is 2. The maximum atomic E-state index is 12.6. The SMILES string of the molecule is CCCCC/C=C\C/C=C\CCCCCCCOC(=O)[C@@H](CNC(=O)CN(C)C)CNC(=O)OC(C)(C)C. The van der Waals surface area contributed by atoms with E-state index in [1.807, 2.05) is 0 Å². The summed E-state index contributed by atoms with van der Waals surface area (Å²) in [6.45, 7) is 8.19. The van der Waals surface area contributed by atoms with Gasteiger partial charge in [-0.15, -0.1) is 0 Å². The van der Waals surface area contributed by atoms with Crippen molar-refractivity contribution in [2.45, 2.75) is 104 Å². The van der Waals surface area contributed by atoms with Gasteiger partial charge in [0, 0.05) is 13.1 Å². The molecule has 2 N–H and O–H groups in total. The van der Waals surface area contributed by atoms with E-state index in [1.165, 1.54) is 32.1 Å². The summed E-state index contributed by atoms with van der Waals surface area (Å²) in [4.78, 5) is 38.4. The van der Waals surface area contributed by atoms with Crippen LogP contribution in [-0.2, 0) is 19.1 Å². The summed E-state index contributed by atoms with van der Waals surface area (Å²) in [5.41, 5.74) is -0.638. The molecular weight excluding hydrogens is 482 g/mol. The molecule has 2 amide bonds. The number of rotatable bonds is 21. The van der Waals surface area contributed by atoms with E-state index in [2.05, 4.69) is 41.9 Å². The van der Waals surface area contributed by atoms with Crippen LogP contribution in [0.3, 0.4) is 0 Å². The molecule has 38 heavy (non-hydrogen) atoms. The highest BCUT2D eigenvalue weighted by molar-refractivity contribution is 5.79. The second-order valence-electron chi connectivity index (χ2n) is 11.0. The number of amides is 2. The Morgan fingerprint density at radius 2 is 1.39 bits per heavy atom. The number of allylic oxidation sites excluding steroid dienone is 4. The molecule has 0 heterocycles. The first kappa shape index (κ1) is 35.6. The second kappa shape index (κ2) is 22.6. The van der Waals surface area contributed by atoms with Crippen molar-refractivity contribution in [1.29, 1.82) is 0 Å². The molecular formula is C30H55N3O5. The van der Waals surface area contributed by atoms with E-state index in [4.69, 9.17) is 9.47 Å². The number of hydrogen-bond donors (Lipinski definition) is 2. The maximum Gasteiger partial charge on any atom is 0.407 e. The summed E-state index contributed by atoms with van der Waals surface area (Å²) in [5.74, 6) is -1.32. The van der Waals surface area contributed by atoms with Crippen LogP contribution >= 0.6 is 0 Å². The molecule has 220 valence electrons. The summed E-state index contributed by atoms with van der Waals surface area (Å²) in [6.07, 6.45) is 20.8. The molecule has 0 saturated heterocycles. The monoisotopic (exact) mass is 537 g/mol. The van der Waals surface area contributed by atoms with E-state index in [9.17, 15) is 14.4 Å². The quantitative estimate of drug-likeness (QED) is 0.110. The Morgan fingerprint density at radius 1 is 0.816 bits per heavy atom. The lowest BCUT2D eigenvalue weighted by atomic mass is 10.1. The van der Waals surface area contributed by atoms with Crippen molar-refractivity contribution in [3.05, 3.63) is 24.3 Å². The molecule has 0 spiro atoms. The molecule has 0 aromatic rings. The molecule has 0 fully saturated rings. The highest BCUT2D eigenvalue weighted by Gasteiger charge is 2.23. The van der Waals surface area contributed by atoms with Gasteiger partial charge in [-0.2, -0.15) is 0 Å². The van der Waals surface area contributed by atoms with Crippen LogP contribution < -0.4 is 10.6 Å². The molecule has 1 atom stereocenters. The van der Waals surface area contributed by atoms with Crippen molar-refractivity contribution >= 4 is 18.0 Å². The van der Waals surface area contributed by atoms with Crippen molar-refractivity contribution in [1.82, 2.24) is 15.5 Å². The van der Waals surface area contributed by atoms with Crippen molar-refractivity contribution < 1.29 is 23.9 Å². The van der Waals surface area contributed by atoms with Crippen molar-refractivity contribution in [3.63, 3.8) is 0 Å². The highest BCUT2D eigenvalue weighted by Crippen LogP contribution is 2.09. The van der Waals surface area contributed by atoms with Gasteiger partial charge in [0.25, 0.3) is 0 Å². The van der Waals surface area contributed by atoms with Gasteiger partial charge in [-0.05, 0) is 73.4 Å². The van der Waals surface area contributed by atoms with Crippen LogP contribution in [0.25, 0.3) is 0 Å². The average molecular weight is 538 g/mol. The first-order valence-corrected chi connectivity index (χ1v) is 14.4. The van der Waals surface area contributed by atoms with Gasteiger partial charge < -0.3 is 25.0 Å². The normalized spacial score (nSPS) is 12.7. The lowest BCUT2D eigenvalue weighted by Gasteiger charge is -2.22. The molecule has 8 heteroatoms. The van der Waals surface area contributed by atoms with Crippen LogP contribution in [0.2, 0.25) is 0 Å². The predicted octanol–water partition coefficient (Wildman–Crippen LogP) is 5.77. The number of carbonyl (C=O) groups excluding carboxylic acids is 3. The molecule has 0 saturated carbocycles. The Hall–Kier alpha value is -2.35. The number of esters is 1. The van der Waals surface area contributed by atoms with Crippen molar-refractivity contribution in [3.8, 4) is 0 Å². The van der Waals surface area contributed by atoms with Crippen LogP contribution in [0.15, 0.2) is 24.3 Å². The first-order chi connectivity index (χ1) is 18.0. The van der Waals surface area contributed by atoms with Gasteiger partial charge >= 0.3 is 12.1 Å². The van der Waals surface area contributed by atoms with Crippen molar-refractivity contribution in [2.24, 2.45) is 5.92 Å². The smallest absolute Gasteiger partial charge is 0.407 e. The van der Waals surface area contributed by atoms with Crippen LogP contribution in [-0.4, -0.2) is 68.8 Å². The zero-order valence-electron chi connectivity index (χ0n) is 25.0. The van der Waals surface area contributed by atoms with E-state index in [0.717, 1.165) is 38.5 Å². The van der Waals surface area contributed by atoms with E-state index in [-0.39, 0.29) is 25.5 Å². The third-order valence-electron chi connectivity index (χ3n) is 5.57. The third-order valence-corrected chi connectivity index (χ3v) is 5.57. The summed E-state index contributed by atoms with van der Waals surface area (Å²) < 4.78 is 10.7. The Kier molecular flexibility index (Phi) is 21.2. The average Bonchev–Trinajstić information content (AvgIpc) is 2.82. The third kappa shape index (κ3) is 24.0. The molecule has 0 radical (unpaired) electrons.